The van der Waals surface area contributed by atoms with Crippen molar-refractivity contribution >= 4 is 17.3 Å². The molecule has 0 saturated heterocycles. The van der Waals surface area contributed by atoms with Gasteiger partial charge in [0.25, 0.3) is 11.6 Å². The van der Waals surface area contributed by atoms with Crippen LogP contribution in [-0.2, 0) is 0 Å². The van der Waals surface area contributed by atoms with Crippen molar-refractivity contribution in [2.45, 2.75) is 46.1 Å². The molecule has 116 valence electrons. The number of amides is 1. The zero-order chi connectivity index (χ0) is 16.0. The average Bonchev–Trinajstić information content (AvgIpc) is 2.47. The molecule has 6 heteroatoms. The fourth-order valence-electron chi connectivity index (χ4n) is 2.07. The molecule has 6 nitrogen and oxygen atoms in total. The lowest BCUT2D eigenvalue weighted by molar-refractivity contribution is -0.383. The van der Waals surface area contributed by atoms with Gasteiger partial charge in [0, 0.05) is 24.2 Å². The first-order valence-electron chi connectivity index (χ1n) is 7.27. The van der Waals surface area contributed by atoms with Crippen molar-refractivity contribution in [2.75, 3.05) is 12.3 Å². The standard InChI is InChI=1S/C15H23N3O3/c1-4-6-9-17(11(3)5-2)15(19)12-7-8-13(16)14(10-12)18(20)21/h7-8,10-11H,4-6,9,16H2,1-3H3. The molecule has 1 atom stereocenters. The van der Waals surface area contributed by atoms with Crippen LogP contribution in [0, 0.1) is 10.1 Å². The number of nitrogen functional groups attached to an aromatic ring is 1. The molecule has 2 N–H and O–H groups in total. The number of carbonyl (C=O) groups excluding carboxylic acids is 1. The van der Waals surface area contributed by atoms with Crippen LogP contribution in [0.15, 0.2) is 18.2 Å². The quantitative estimate of drug-likeness (QED) is 0.475. The first-order chi connectivity index (χ1) is 9.92. The van der Waals surface area contributed by atoms with Crippen LogP contribution in [-0.4, -0.2) is 28.3 Å². The molecule has 0 bridgehead atoms. The molecule has 0 aliphatic heterocycles. The fourth-order valence-corrected chi connectivity index (χ4v) is 2.07. The molecule has 0 aromatic heterocycles. The highest BCUT2D eigenvalue weighted by molar-refractivity contribution is 5.95. The summed E-state index contributed by atoms with van der Waals surface area (Å²) < 4.78 is 0. The van der Waals surface area contributed by atoms with E-state index in [4.69, 9.17) is 5.73 Å². The number of nitrogens with two attached hydrogens (primary N) is 1. The van der Waals surface area contributed by atoms with E-state index in [0.717, 1.165) is 19.3 Å². The minimum Gasteiger partial charge on any atom is -0.393 e. The third-order valence-corrected chi connectivity index (χ3v) is 3.61. The van der Waals surface area contributed by atoms with Gasteiger partial charge in [-0.15, -0.1) is 0 Å². The van der Waals surface area contributed by atoms with Gasteiger partial charge in [-0.05, 0) is 31.9 Å². The van der Waals surface area contributed by atoms with Gasteiger partial charge in [0.15, 0.2) is 0 Å². The normalized spacial score (nSPS) is 12.0. The Morgan fingerprint density at radius 1 is 1.43 bits per heavy atom. The molecule has 0 spiro atoms. The Bertz CT molecular complexity index is 517. The van der Waals surface area contributed by atoms with E-state index in [-0.39, 0.29) is 23.3 Å². The molecule has 0 heterocycles. The summed E-state index contributed by atoms with van der Waals surface area (Å²) in [5, 5.41) is 10.9. The van der Waals surface area contributed by atoms with Crippen molar-refractivity contribution < 1.29 is 9.72 Å². The molecule has 1 rings (SSSR count). The van der Waals surface area contributed by atoms with Gasteiger partial charge in [0.1, 0.15) is 5.69 Å². The van der Waals surface area contributed by atoms with Gasteiger partial charge in [0.2, 0.25) is 0 Å². The summed E-state index contributed by atoms with van der Waals surface area (Å²) in [7, 11) is 0. The minimum atomic E-state index is -0.564. The van der Waals surface area contributed by atoms with Crippen LogP contribution in [0.3, 0.4) is 0 Å². The summed E-state index contributed by atoms with van der Waals surface area (Å²) in [5.41, 5.74) is 5.73. The second-order valence-corrected chi connectivity index (χ2v) is 5.14. The van der Waals surface area contributed by atoms with E-state index in [1.165, 1.54) is 12.1 Å². The Morgan fingerprint density at radius 3 is 2.62 bits per heavy atom. The number of benzene rings is 1. The van der Waals surface area contributed by atoms with E-state index >= 15 is 0 Å². The molecule has 0 fully saturated rings. The second kappa shape index (κ2) is 7.61. The zero-order valence-electron chi connectivity index (χ0n) is 12.8. The van der Waals surface area contributed by atoms with Crippen LogP contribution in [0.5, 0.6) is 0 Å². The minimum absolute atomic E-state index is 0.0696. The fraction of sp³-hybridized carbons (Fsp3) is 0.533. The lowest BCUT2D eigenvalue weighted by atomic mass is 10.1. The Hall–Kier alpha value is -2.11. The molecular weight excluding hydrogens is 270 g/mol. The van der Waals surface area contributed by atoms with Crippen LogP contribution in [0.2, 0.25) is 0 Å². The first-order valence-corrected chi connectivity index (χ1v) is 7.27. The van der Waals surface area contributed by atoms with Gasteiger partial charge in [-0.2, -0.15) is 0 Å². The second-order valence-electron chi connectivity index (χ2n) is 5.14. The molecule has 0 aliphatic carbocycles. The molecule has 1 aromatic rings. The first kappa shape index (κ1) is 16.9. The van der Waals surface area contributed by atoms with Crippen molar-refractivity contribution in [3.63, 3.8) is 0 Å². The molecule has 1 aromatic carbocycles. The number of nitro groups is 1. The van der Waals surface area contributed by atoms with Crippen LogP contribution in [0.1, 0.15) is 50.4 Å². The smallest absolute Gasteiger partial charge is 0.292 e. The van der Waals surface area contributed by atoms with E-state index in [9.17, 15) is 14.9 Å². The number of hydrogen-bond acceptors (Lipinski definition) is 4. The molecule has 1 unspecified atom stereocenters. The summed E-state index contributed by atoms with van der Waals surface area (Å²) in [6, 6.07) is 4.32. The van der Waals surface area contributed by atoms with E-state index < -0.39 is 4.92 Å². The molecule has 1 amide bonds. The molecule has 0 aliphatic rings. The van der Waals surface area contributed by atoms with E-state index in [1.54, 1.807) is 11.0 Å². The molecule has 21 heavy (non-hydrogen) atoms. The number of unbranched alkanes of at least 4 members (excludes halogenated alkanes) is 1. The highest BCUT2D eigenvalue weighted by Crippen LogP contribution is 2.24. The number of nitrogens with zero attached hydrogens (tertiary/aromatic N) is 2. The van der Waals surface area contributed by atoms with Gasteiger partial charge in [-0.1, -0.05) is 20.3 Å². The predicted molar refractivity (Wildman–Crippen MR) is 83.2 cm³/mol. The maximum Gasteiger partial charge on any atom is 0.292 e. The van der Waals surface area contributed by atoms with Gasteiger partial charge >= 0.3 is 0 Å². The highest BCUT2D eigenvalue weighted by Gasteiger charge is 2.22. The van der Waals surface area contributed by atoms with E-state index in [2.05, 4.69) is 6.92 Å². The van der Waals surface area contributed by atoms with Crippen molar-refractivity contribution in [1.82, 2.24) is 4.90 Å². The topological polar surface area (TPSA) is 89.5 Å². The number of nitro benzene ring substituents is 1. The van der Waals surface area contributed by atoms with E-state index in [1.807, 2.05) is 13.8 Å². The summed E-state index contributed by atoms with van der Waals surface area (Å²) in [6.07, 6.45) is 2.74. The van der Waals surface area contributed by atoms with Gasteiger partial charge in [-0.25, -0.2) is 0 Å². The number of carbonyl (C=O) groups is 1. The zero-order valence-corrected chi connectivity index (χ0v) is 12.8. The van der Waals surface area contributed by atoms with Crippen LogP contribution >= 0.6 is 0 Å². The molecule has 0 saturated carbocycles. The Kier molecular flexibility index (Phi) is 6.14. The third kappa shape index (κ3) is 4.18. The highest BCUT2D eigenvalue weighted by atomic mass is 16.6. The predicted octanol–water partition coefficient (Wildman–Crippen LogP) is 3.22. The van der Waals surface area contributed by atoms with Gasteiger partial charge in [-0.3, -0.25) is 14.9 Å². The maximum atomic E-state index is 12.6. The Balaban J connectivity index is 3.08. The lowest BCUT2D eigenvalue weighted by Gasteiger charge is -2.28. The van der Waals surface area contributed by atoms with Crippen molar-refractivity contribution in [3.05, 3.63) is 33.9 Å². The largest absolute Gasteiger partial charge is 0.393 e. The number of anilines is 1. The van der Waals surface area contributed by atoms with Crippen molar-refractivity contribution in [2.24, 2.45) is 0 Å². The summed E-state index contributed by atoms with van der Waals surface area (Å²) in [5.74, 6) is -0.180. The van der Waals surface area contributed by atoms with Crippen LogP contribution in [0.4, 0.5) is 11.4 Å². The third-order valence-electron chi connectivity index (χ3n) is 3.61. The van der Waals surface area contributed by atoms with Gasteiger partial charge < -0.3 is 10.6 Å². The summed E-state index contributed by atoms with van der Waals surface area (Å²) in [6.45, 7) is 6.72. The van der Waals surface area contributed by atoms with Crippen LogP contribution in [0.25, 0.3) is 0 Å². The van der Waals surface area contributed by atoms with E-state index in [0.29, 0.717) is 12.1 Å². The maximum absolute atomic E-state index is 12.6. The monoisotopic (exact) mass is 293 g/mol. The summed E-state index contributed by atoms with van der Waals surface area (Å²) >= 11 is 0. The SMILES string of the molecule is CCCCN(C(=O)c1ccc(N)c([N+](=O)[O-])c1)C(C)CC. The van der Waals surface area contributed by atoms with Crippen molar-refractivity contribution in [3.8, 4) is 0 Å². The lowest BCUT2D eigenvalue weighted by Crippen LogP contribution is -2.39. The summed E-state index contributed by atoms with van der Waals surface area (Å²) in [4.78, 5) is 24.7. The van der Waals surface area contributed by atoms with Crippen LogP contribution < -0.4 is 5.73 Å². The number of rotatable bonds is 7. The van der Waals surface area contributed by atoms with Gasteiger partial charge in [0.05, 0.1) is 4.92 Å². The Morgan fingerprint density at radius 2 is 2.10 bits per heavy atom. The Labute approximate surface area is 125 Å². The molecular formula is C15H23N3O3. The van der Waals surface area contributed by atoms with Crippen molar-refractivity contribution in [1.29, 1.82) is 0 Å². The molecule has 0 radical (unpaired) electrons. The average molecular weight is 293 g/mol. The number of hydrogen-bond donors (Lipinski definition) is 1.